The first-order valence-electron chi connectivity index (χ1n) is 5.79. The molecule has 0 N–H and O–H groups in total. The van der Waals surface area contributed by atoms with Gasteiger partial charge in [-0.25, -0.2) is 0 Å². The van der Waals surface area contributed by atoms with Crippen LogP contribution in [0.2, 0.25) is 0 Å². The largest absolute Gasteiger partial charge is 0.179 e. The summed E-state index contributed by atoms with van der Waals surface area (Å²) in [5.41, 5.74) is 0. The summed E-state index contributed by atoms with van der Waals surface area (Å²) in [6, 6.07) is 0. The second-order valence-electron chi connectivity index (χ2n) is 4.50. The highest BCUT2D eigenvalue weighted by molar-refractivity contribution is 7.80. The predicted molar refractivity (Wildman–Crippen MR) is 65.6 cm³/mol. The maximum atomic E-state index is 4.21. The van der Waals surface area contributed by atoms with Crippen molar-refractivity contribution < 1.29 is 0 Å². The zero-order chi connectivity index (χ0) is 10.1. The van der Waals surface area contributed by atoms with E-state index in [-0.39, 0.29) is 0 Å². The average molecular weight is 202 g/mol. The van der Waals surface area contributed by atoms with Gasteiger partial charge in [-0.3, -0.25) is 0 Å². The Morgan fingerprint density at radius 1 is 0.846 bits per heavy atom. The SMILES string of the molecule is CC(C)C(C)CCCCCCCS. The van der Waals surface area contributed by atoms with Gasteiger partial charge >= 0.3 is 0 Å². The van der Waals surface area contributed by atoms with Gasteiger partial charge in [0.2, 0.25) is 0 Å². The van der Waals surface area contributed by atoms with Crippen molar-refractivity contribution in [1.82, 2.24) is 0 Å². The van der Waals surface area contributed by atoms with Crippen LogP contribution in [0.1, 0.15) is 59.3 Å². The van der Waals surface area contributed by atoms with Crippen molar-refractivity contribution in [3.05, 3.63) is 0 Å². The van der Waals surface area contributed by atoms with Gasteiger partial charge in [-0.15, -0.1) is 0 Å². The maximum Gasteiger partial charge on any atom is -0.00979 e. The average Bonchev–Trinajstić information content (AvgIpc) is 2.10. The van der Waals surface area contributed by atoms with E-state index in [0.29, 0.717) is 0 Å². The van der Waals surface area contributed by atoms with Crippen LogP contribution in [-0.4, -0.2) is 5.75 Å². The third-order valence-corrected chi connectivity index (χ3v) is 3.27. The standard InChI is InChI=1S/C12H26S/c1-11(2)12(3)9-7-5-4-6-8-10-13/h11-13H,4-10H2,1-3H3. The molecule has 0 spiro atoms. The summed E-state index contributed by atoms with van der Waals surface area (Å²) in [6.45, 7) is 7.02. The quantitative estimate of drug-likeness (QED) is 0.433. The molecule has 0 heterocycles. The molecule has 80 valence electrons. The molecule has 0 radical (unpaired) electrons. The molecule has 0 rings (SSSR count). The Morgan fingerprint density at radius 3 is 1.92 bits per heavy atom. The van der Waals surface area contributed by atoms with Crippen LogP contribution < -0.4 is 0 Å². The third-order valence-electron chi connectivity index (χ3n) is 2.96. The first kappa shape index (κ1) is 13.4. The second kappa shape index (κ2) is 8.93. The molecule has 0 fully saturated rings. The van der Waals surface area contributed by atoms with Crippen LogP contribution in [-0.2, 0) is 0 Å². The maximum absolute atomic E-state index is 4.21. The zero-order valence-corrected chi connectivity index (χ0v) is 10.4. The van der Waals surface area contributed by atoms with E-state index in [1.807, 2.05) is 0 Å². The van der Waals surface area contributed by atoms with Gasteiger partial charge in [0, 0.05) is 0 Å². The number of hydrogen-bond acceptors (Lipinski definition) is 1. The van der Waals surface area contributed by atoms with E-state index in [4.69, 9.17) is 0 Å². The summed E-state index contributed by atoms with van der Waals surface area (Å²) in [6.07, 6.45) is 8.34. The van der Waals surface area contributed by atoms with Gasteiger partial charge in [-0.05, 0) is 24.0 Å². The van der Waals surface area contributed by atoms with Crippen molar-refractivity contribution >= 4 is 12.6 Å². The molecule has 0 aliphatic rings. The summed E-state index contributed by atoms with van der Waals surface area (Å²) in [7, 11) is 0. The fraction of sp³-hybridized carbons (Fsp3) is 1.00. The fourth-order valence-corrected chi connectivity index (χ4v) is 1.67. The van der Waals surface area contributed by atoms with Gasteiger partial charge in [0.15, 0.2) is 0 Å². The summed E-state index contributed by atoms with van der Waals surface area (Å²) in [5, 5.41) is 0. The van der Waals surface area contributed by atoms with E-state index in [2.05, 4.69) is 33.4 Å². The topological polar surface area (TPSA) is 0 Å². The van der Waals surface area contributed by atoms with Crippen LogP contribution in [0.25, 0.3) is 0 Å². The third kappa shape index (κ3) is 8.67. The van der Waals surface area contributed by atoms with Crippen molar-refractivity contribution in [2.45, 2.75) is 59.3 Å². The number of unbranched alkanes of at least 4 members (excludes halogenated alkanes) is 4. The van der Waals surface area contributed by atoms with Crippen molar-refractivity contribution in [3.8, 4) is 0 Å². The molecule has 0 bridgehead atoms. The highest BCUT2D eigenvalue weighted by Crippen LogP contribution is 2.18. The number of rotatable bonds is 8. The Bertz CT molecular complexity index is 99.3. The Kier molecular flexibility index (Phi) is 9.17. The minimum Gasteiger partial charge on any atom is -0.179 e. The van der Waals surface area contributed by atoms with E-state index >= 15 is 0 Å². The summed E-state index contributed by atoms with van der Waals surface area (Å²) in [5.74, 6) is 2.82. The molecule has 0 aromatic heterocycles. The molecule has 0 aliphatic carbocycles. The van der Waals surface area contributed by atoms with Crippen molar-refractivity contribution in [2.75, 3.05) is 5.75 Å². The van der Waals surface area contributed by atoms with Gasteiger partial charge in [-0.2, -0.15) is 12.6 Å². The molecule has 0 saturated heterocycles. The van der Waals surface area contributed by atoms with Crippen molar-refractivity contribution in [1.29, 1.82) is 0 Å². The normalized spacial score (nSPS) is 13.6. The molecule has 0 aromatic carbocycles. The highest BCUT2D eigenvalue weighted by atomic mass is 32.1. The van der Waals surface area contributed by atoms with Crippen molar-refractivity contribution in [3.63, 3.8) is 0 Å². The lowest BCUT2D eigenvalue weighted by molar-refractivity contribution is 0.375. The van der Waals surface area contributed by atoms with E-state index < -0.39 is 0 Å². The molecule has 0 amide bonds. The minimum atomic E-state index is 0.859. The Balaban J connectivity index is 3.07. The lowest BCUT2D eigenvalue weighted by atomic mass is 9.92. The van der Waals surface area contributed by atoms with Crippen LogP contribution in [0.5, 0.6) is 0 Å². The summed E-state index contributed by atoms with van der Waals surface area (Å²) < 4.78 is 0. The van der Waals surface area contributed by atoms with Crippen LogP contribution in [0, 0.1) is 11.8 Å². The van der Waals surface area contributed by atoms with E-state index in [1.165, 1.54) is 38.5 Å². The molecule has 1 unspecified atom stereocenters. The van der Waals surface area contributed by atoms with Crippen LogP contribution in [0.4, 0.5) is 0 Å². The number of thiol groups is 1. The van der Waals surface area contributed by atoms with E-state index in [0.717, 1.165) is 17.6 Å². The molecule has 13 heavy (non-hydrogen) atoms. The lowest BCUT2D eigenvalue weighted by Gasteiger charge is -2.14. The first-order valence-corrected chi connectivity index (χ1v) is 6.42. The first-order chi connectivity index (χ1) is 6.18. The lowest BCUT2D eigenvalue weighted by Crippen LogP contribution is -2.03. The van der Waals surface area contributed by atoms with Gasteiger partial charge in [0.1, 0.15) is 0 Å². The zero-order valence-electron chi connectivity index (χ0n) is 9.55. The second-order valence-corrected chi connectivity index (χ2v) is 4.95. The molecule has 0 nitrogen and oxygen atoms in total. The smallest absolute Gasteiger partial charge is 0.00979 e. The number of hydrogen-bond donors (Lipinski definition) is 1. The molecule has 1 heteroatoms. The summed E-state index contributed by atoms with van der Waals surface area (Å²) in [4.78, 5) is 0. The van der Waals surface area contributed by atoms with Crippen molar-refractivity contribution in [2.24, 2.45) is 11.8 Å². The monoisotopic (exact) mass is 202 g/mol. The Labute approximate surface area is 89.9 Å². The van der Waals surface area contributed by atoms with E-state index in [9.17, 15) is 0 Å². The van der Waals surface area contributed by atoms with Gasteiger partial charge in [-0.1, -0.05) is 52.9 Å². The molecular formula is C12H26S. The Hall–Kier alpha value is 0.350. The van der Waals surface area contributed by atoms with Gasteiger partial charge < -0.3 is 0 Å². The van der Waals surface area contributed by atoms with Crippen LogP contribution >= 0.6 is 12.6 Å². The van der Waals surface area contributed by atoms with Gasteiger partial charge in [0.25, 0.3) is 0 Å². The Morgan fingerprint density at radius 2 is 1.38 bits per heavy atom. The molecule has 0 aromatic rings. The predicted octanol–water partition coefficient (Wildman–Crippen LogP) is 4.55. The van der Waals surface area contributed by atoms with Gasteiger partial charge in [0.05, 0.1) is 0 Å². The molecule has 1 atom stereocenters. The minimum absolute atomic E-state index is 0.859. The fourth-order valence-electron chi connectivity index (χ4n) is 1.44. The van der Waals surface area contributed by atoms with E-state index in [1.54, 1.807) is 0 Å². The molecule has 0 saturated carbocycles. The summed E-state index contributed by atoms with van der Waals surface area (Å²) >= 11 is 4.21. The highest BCUT2D eigenvalue weighted by Gasteiger charge is 2.05. The molecular weight excluding hydrogens is 176 g/mol. The molecule has 0 aliphatic heterocycles. The van der Waals surface area contributed by atoms with Crippen LogP contribution in [0.15, 0.2) is 0 Å². The van der Waals surface area contributed by atoms with Crippen LogP contribution in [0.3, 0.4) is 0 Å².